The molecule has 2 unspecified atom stereocenters. The van der Waals surface area contributed by atoms with Crippen LogP contribution in [-0.4, -0.2) is 43.4 Å². The Balaban J connectivity index is 1.62. The van der Waals surface area contributed by atoms with Crippen LogP contribution >= 0.6 is 0 Å². The van der Waals surface area contributed by atoms with Gasteiger partial charge in [-0.05, 0) is 32.8 Å². The van der Waals surface area contributed by atoms with Crippen LogP contribution in [0.1, 0.15) is 47.7 Å². The lowest BCUT2D eigenvalue weighted by Gasteiger charge is -2.39. The number of rotatable bonds is 2. The summed E-state index contributed by atoms with van der Waals surface area (Å²) in [5.41, 5.74) is 1.19. The van der Waals surface area contributed by atoms with E-state index in [1.807, 2.05) is 13.8 Å². The molecule has 0 saturated heterocycles. The number of benzene rings is 2. The highest BCUT2D eigenvalue weighted by Gasteiger charge is 2.46. The van der Waals surface area contributed by atoms with Gasteiger partial charge in [0.1, 0.15) is 46.9 Å². The number of phenolic OH excluding ortho intramolecular Hbond substituents is 1. The van der Waals surface area contributed by atoms with Crippen LogP contribution in [-0.2, 0) is 6.42 Å². The van der Waals surface area contributed by atoms with E-state index in [9.17, 15) is 9.90 Å². The number of ketones is 1. The predicted octanol–water partition coefficient (Wildman–Crippen LogP) is 3.63. The van der Waals surface area contributed by atoms with Crippen molar-refractivity contribution in [2.24, 2.45) is 0 Å². The van der Waals surface area contributed by atoms with Gasteiger partial charge in [0, 0.05) is 23.3 Å². The Hall–Kier alpha value is -3.09. The molecule has 158 valence electrons. The molecule has 0 radical (unpaired) electrons. The summed E-state index contributed by atoms with van der Waals surface area (Å²) in [6.07, 6.45) is 0.874. The molecule has 7 nitrogen and oxygen atoms in total. The van der Waals surface area contributed by atoms with Gasteiger partial charge in [0.25, 0.3) is 0 Å². The van der Waals surface area contributed by atoms with E-state index in [4.69, 9.17) is 23.7 Å². The van der Waals surface area contributed by atoms with Crippen molar-refractivity contribution < 1.29 is 33.6 Å². The molecular formula is C23H24O7. The molecule has 0 bridgehead atoms. The summed E-state index contributed by atoms with van der Waals surface area (Å²) in [5, 5.41) is 11.0. The molecule has 0 aromatic heterocycles. The maximum absolute atomic E-state index is 13.6. The Morgan fingerprint density at radius 2 is 1.80 bits per heavy atom. The molecule has 0 spiro atoms. The van der Waals surface area contributed by atoms with Crippen LogP contribution in [0.5, 0.6) is 34.5 Å². The van der Waals surface area contributed by atoms with Crippen LogP contribution in [0.25, 0.3) is 0 Å². The van der Waals surface area contributed by atoms with Gasteiger partial charge in [0.2, 0.25) is 0 Å². The molecule has 30 heavy (non-hydrogen) atoms. The van der Waals surface area contributed by atoms with Gasteiger partial charge in [0.15, 0.2) is 17.3 Å². The molecule has 7 heteroatoms. The Labute approximate surface area is 174 Å². The number of carbonyl (C=O) groups excluding carboxylic acids is 1. The first kappa shape index (κ1) is 18.9. The maximum atomic E-state index is 13.6. The zero-order valence-electron chi connectivity index (χ0n) is 17.4. The number of methoxy groups -OCH3 is 2. The smallest absolute Gasteiger partial charge is 0.181 e. The summed E-state index contributed by atoms with van der Waals surface area (Å²) in [7, 11) is 3.09. The Morgan fingerprint density at radius 1 is 1.07 bits per heavy atom. The topological polar surface area (TPSA) is 83.5 Å². The number of fused-ring (bicyclic) bond motifs is 5. The summed E-state index contributed by atoms with van der Waals surface area (Å²) in [6.45, 7) is 4.21. The van der Waals surface area contributed by atoms with Crippen molar-refractivity contribution in [3.63, 3.8) is 0 Å². The zero-order valence-corrected chi connectivity index (χ0v) is 17.4. The fourth-order valence-electron chi connectivity index (χ4n) is 4.54. The van der Waals surface area contributed by atoms with Crippen molar-refractivity contribution >= 4 is 5.78 Å². The van der Waals surface area contributed by atoms with E-state index < -0.39 is 12.0 Å². The van der Waals surface area contributed by atoms with E-state index in [0.29, 0.717) is 46.3 Å². The maximum Gasteiger partial charge on any atom is 0.181 e. The molecule has 0 aliphatic carbocycles. The van der Waals surface area contributed by atoms with Crippen LogP contribution in [0.15, 0.2) is 18.2 Å². The average molecular weight is 412 g/mol. The van der Waals surface area contributed by atoms with Gasteiger partial charge in [-0.25, -0.2) is 0 Å². The number of hydrogen-bond donors (Lipinski definition) is 1. The SMILES string of the molecule is COc1cc2c(cc1OC)C1C(=O)c3c(cc4c(c3O)CCC(C)(C)O4)OC1CO2. The Bertz CT molecular complexity index is 1060. The molecule has 0 fully saturated rings. The number of ether oxygens (including phenoxy) is 5. The summed E-state index contributed by atoms with van der Waals surface area (Å²) < 4.78 is 28.8. The molecule has 2 aromatic rings. The van der Waals surface area contributed by atoms with E-state index in [-0.39, 0.29) is 29.3 Å². The number of aromatic hydroxyl groups is 1. The van der Waals surface area contributed by atoms with Crippen molar-refractivity contribution in [3.05, 3.63) is 34.9 Å². The molecule has 1 N–H and O–H groups in total. The first-order chi connectivity index (χ1) is 14.3. The summed E-state index contributed by atoms with van der Waals surface area (Å²) >= 11 is 0. The quantitative estimate of drug-likeness (QED) is 0.806. The number of carbonyl (C=O) groups is 1. The highest BCUT2D eigenvalue weighted by molar-refractivity contribution is 6.08. The second kappa shape index (κ2) is 6.45. The highest BCUT2D eigenvalue weighted by Crippen LogP contribution is 2.51. The van der Waals surface area contributed by atoms with Crippen LogP contribution in [0, 0.1) is 0 Å². The highest BCUT2D eigenvalue weighted by atomic mass is 16.5. The van der Waals surface area contributed by atoms with Crippen LogP contribution in [0.2, 0.25) is 0 Å². The van der Waals surface area contributed by atoms with Gasteiger partial charge in [0.05, 0.1) is 20.1 Å². The predicted molar refractivity (Wildman–Crippen MR) is 108 cm³/mol. The standard InChI is InChI=1S/C23H24O7/c1-23(2)6-5-11-14(30-23)9-17-20(21(11)24)22(25)19-12-7-15(26-3)16(27-4)8-13(12)28-10-18(19)29-17/h7-9,18-19,24H,5-6,10H2,1-4H3. The minimum absolute atomic E-state index is 0.0463. The molecule has 5 rings (SSSR count). The third-order valence-corrected chi connectivity index (χ3v) is 6.13. The van der Waals surface area contributed by atoms with E-state index in [1.165, 1.54) is 0 Å². The fourth-order valence-corrected chi connectivity index (χ4v) is 4.54. The average Bonchev–Trinajstić information content (AvgIpc) is 2.71. The lowest BCUT2D eigenvalue weighted by Crippen LogP contribution is -2.43. The fraction of sp³-hybridized carbons (Fsp3) is 0.435. The van der Waals surface area contributed by atoms with E-state index >= 15 is 0 Å². The van der Waals surface area contributed by atoms with Gasteiger partial charge in [-0.3, -0.25) is 4.79 Å². The molecule has 0 saturated carbocycles. The lowest BCUT2D eigenvalue weighted by atomic mass is 9.80. The van der Waals surface area contributed by atoms with E-state index in [1.54, 1.807) is 32.4 Å². The molecule has 3 aliphatic heterocycles. The minimum Gasteiger partial charge on any atom is -0.507 e. The van der Waals surface area contributed by atoms with Gasteiger partial charge in [-0.1, -0.05) is 0 Å². The van der Waals surface area contributed by atoms with E-state index in [0.717, 1.165) is 6.42 Å². The largest absolute Gasteiger partial charge is 0.507 e. The monoisotopic (exact) mass is 412 g/mol. The number of phenols is 1. The van der Waals surface area contributed by atoms with Crippen molar-refractivity contribution in [2.75, 3.05) is 20.8 Å². The second-order valence-corrected chi connectivity index (χ2v) is 8.49. The van der Waals surface area contributed by atoms with Gasteiger partial charge in [-0.15, -0.1) is 0 Å². The number of Topliss-reactive ketones (excluding diaryl/α,β-unsaturated/α-hetero) is 1. The zero-order chi connectivity index (χ0) is 21.2. The summed E-state index contributed by atoms with van der Waals surface area (Å²) in [5.74, 6) is 1.64. The first-order valence-corrected chi connectivity index (χ1v) is 10.0. The Kier molecular flexibility index (Phi) is 4.07. The minimum atomic E-state index is -0.606. The van der Waals surface area contributed by atoms with Gasteiger partial charge >= 0.3 is 0 Å². The normalized spacial score (nSPS) is 22.9. The lowest BCUT2D eigenvalue weighted by molar-refractivity contribution is 0.0535. The van der Waals surface area contributed by atoms with E-state index in [2.05, 4.69) is 0 Å². The molecule has 3 heterocycles. The van der Waals surface area contributed by atoms with Gasteiger partial charge < -0.3 is 28.8 Å². The Morgan fingerprint density at radius 3 is 2.53 bits per heavy atom. The third-order valence-electron chi connectivity index (χ3n) is 6.13. The molecule has 3 aliphatic rings. The third kappa shape index (κ3) is 2.68. The van der Waals surface area contributed by atoms with Crippen LogP contribution in [0.4, 0.5) is 0 Å². The number of hydrogen-bond acceptors (Lipinski definition) is 7. The summed E-state index contributed by atoms with van der Waals surface area (Å²) in [6, 6.07) is 5.19. The van der Waals surface area contributed by atoms with Gasteiger partial charge in [-0.2, -0.15) is 0 Å². The molecule has 0 amide bonds. The first-order valence-electron chi connectivity index (χ1n) is 10.0. The van der Waals surface area contributed by atoms with Crippen molar-refractivity contribution in [3.8, 4) is 34.5 Å². The summed E-state index contributed by atoms with van der Waals surface area (Å²) in [4.78, 5) is 13.6. The van der Waals surface area contributed by atoms with Crippen molar-refractivity contribution in [1.29, 1.82) is 0 Å². The molecule has 2 atom stereocenters. The van der Waals surface area contributed by atoms with Crippen LogP contribution in [0.3, 0.4) is 0 Å². The molecule has 2 aromatic carbocycles. The van der Waals surface area contributed by atoms with Crippen molar-refractivity contribution in [2.45, 2.75) is 44.3 Å². The van der Waals surface area contributed by atoms with Crippen LogP contribution < -0.4 is 23.7 Å². The molecular weight excluding hydrogens is 388 g/mol. The van der Waals surface area contributed by atoms with Crippen molar-refractivity contribution in [1.82, 2.24) is 0 Å². The second-order valence-electron chi connectivity index (χ2n) is 8.49.